The highest BCUT2D eigenvalue weighted by molar-refractivity contribution is 7.14. The van der Waals surface area contributed by atoms with Crippen molar-refractivity contribution in [3.8, 4) is 0 Å². The van der Waals surface area contributed by atoms with Gasteiger partial charge < -0.3 is 15.2 Å². The predicted octanol–water partition coefficient (Wildman–Crippen LogP) is 1.91. The lowest BCUT2D eigenvalue weighted by Gasteiger charge is -1.95. The van der Waals surface area contributed by atoms with E-state index in [1.54, 1.807) is 6.07 Å². The number of carboxylic acids is 1. The summed E-state index contributed by atoms with van der Waals surface area (Å²) in [6, 6.07) is 2.87. The van der Waals surface area contributed by atoms with Gasteiger partial charge in [0.2, 0.25) is 0 Å². The van der Waals surface area contributed by atoms with Crippen LogP contribution in [-0.2, 0) is 6.54 Å². The summed E-state index contributed by atoms with van der Waals surface area (Å²) in [4.78, 5) is 21.8. The average Bonchev–Trinajstić information content (AvgIpc) is 2.87. The monoisotopic (exact) mass is 267 g/mol. The van der Waals surface area contributed by atoms with E-state index in [0.29, 0.717) is 6.54 Å². The molecule has 0 aliphatic carbocycles. The summed E-state index contributed by atoms with van der Waals surface area (Å²) in [6.07, 6.45) is 1.50. The minimum atomic E-state index is -0.971. The van der Waals surface area contributed by atoms with Gasteiger partial charge in [-0.25, -0.2) is 4.79 Å². The third kappa shape index (κ3) is 2.38. The van der Waals surface area contributed by atoms with Crippen molar-refractivity contribution in [1.82, 2.24) is 9.78 Å². The fourth-order valence-electron chi connectivity index (χ4n) is 1.49. The fraction of sp³-hybridized carbons (Fsp3) is 0.200. The molecule has 2 heterocycles. The average molecular weight is 267 g/mol. The Balaban J connectivity index is 2.22. The quantitative estimate of drug-likeness (QED) is 0.673. The van der Waals surface area contributed by atoms with Crippen LogP contribution in [0.5, 0.6) is 0 Å². The van der Waals surface area contributed by atoms with Crippen LogP contribution in [0.25, 0.3) is 0 Å². The number of aryl methyl sites for hydroxylation is 1. The first-order valence-electron chi connectivity index (χ1n) is 4.98. The summed E-state index contributed by atoms with van der Waals surface area (Å²) < 4.78 is 1.42. The predicted molar refractivity (Wildman–Crippen MR) is 64.0 cm³/mol. The first-order valence-corrected chi connectivity index (χ1v) is 5.79. The molecule has 0 unspecified atom stereocenters. The number of carbonyl (C=O) groups is 1. The molecule has 2 rings (SSSR count). The van der Waals surface area contributed by atoms with Gasteiger partial charge in [-0.2, -0.15) is 4.68 Å². The van der Waals surface area contributed by atoms with E-state index in [0.717, 1.165) is 10.4 Å². The Morgan fingerprint density at radius 1 is 1.67 bits per heavy atom. The van der Waals surface area contributed by atoms with Gasteiger partial charge in [0.15, 0.2) is 0 Å². The van der Waals surface area contributed by atoms with Crippen LogP contribution in [0, 0.1) is 17.0 Å². The van der Waals surface area contributed by atoms with Crippen LogP contribution in [0.2, 0.25) is 0 Å². The molecular weight excluding hydrogens is 258 g/mol. The van der Waals surface area contributed by atoms with Crippen molar-refractivity contribution in [2.45, 2.75) is 13.5 Å². The molecule has 0 fully saturated rings. The Labute approximate surface area is 105 Å². The second-order valence-electron chi connectivity index (χ2n) is 3.63. The van der Waals surface area contributed by atoms with Gasteiger partial charge in [-0.15, -0.1) is 11.3 Å². The molecule has 0 amide bonds. The Hall–Kier alpha value is -2.22. The van der Waals surface area contributed by atoms with E-state index in [1.807, 2.05) is 6.92 Å². The van der Waals surface area contributed by atoms with Gasteiger partial charge in [0, 0.05) is 4.88 Å². The van der Waals surface area contributed by atoms with Crippen LogP contribution in [0.15, 0.2) is 18.3 Å². The zero-order valence-corrected chi connectivity index (χ0v) is 10.2. The molecule has 2 aromatic rings. The third-order valence-electron chi connectivity index (χ3n) is 2.38. The van der Waals surface area contributed by atoms with Crippen LogP contribution in [-0.4, -0.2) is 25.8 Å². The van der Waals surface area contributed by atoms with E-state index in [-0.39, 0.29) is 10.7 Å². The van der Waals surface area contributed by atoms with Crippen molar-refractivity contribution in [2.24, 2.45) is 0 Å². The summed E-state index contributed by atoms with van der Waals surface area (Å²) in [5.41, 5.74) is 0.801. The molecule has 8 heteroatoms. The van der Waals surface area contributed by atoms with Gasteiger partial charge in [0.25, 0.3) is 0 Å². The molecule has 0 aliphatic heterocycles. The van der Waals surface area contributed by atoms with Crippen LogP contribution < -0.4 is 0 Å². The first kappa shape index (κ1) is 12.2. The van der Waals surface area contributed by atoms with Crippen molar-refractivity contribution in [3.05, 3.63) is 43.8 Å². The number of aromatic carboxylic acids is 1. The zero-order chi connectivity index (χ0) is 13.3. The second kappa shape index (κ2) is 4.57. The maximum Gasteiger partial charge on any atom is 0.389 e. The van der Waals surface area contributed by atoms with Crippen LogP contribution in [0.4, 0.5) is 5.82 Å². The fourth-order valence-corrected chi connectivity index (χ4v) is 2.37. The minimum Gasteiger partial charge on any atom is -0.477 e. The highest BCUT2D eigenvalue weighted by Crippen LogP contribution is 2.22. The SMILES string of the molecule is Cc1sc(C(=O)O)cc1Cn1ccc([N+](=O)[O-])n1. The molecule has 0 saturated carbocycles. The molecule has 0 spiro atoms. The number of rotatable bonds is 4. The largest absolute Gasteiger partial charge is 0.477 e. The molecule has 2 aromatic heterocycles. The number of carboxylic acid groups (broad SMARTS) is 1. The molecule has 18 heavy (non-hydrogen) atoms. The molecule has 1 N–H and O–H groups in total. The lowest BCUT2D eigenvalue weighted by molar-refractivity contribution is -0.389. The smallest absolute Gasteiger partial charge is 0.389 e. The summed E-state index contributed by atoms with van der Waals surface area (Å²) in [7, 11) is 0. The van der Waals surface area contributed by atoms with Gasteiger partial charge in [-0.05, 0) is 23.5 Å². The molecule has 0 radical (unpaired) electrons. The molecule has 0 bridgehead atoms. The van der Waals surface area contributed by atoms with E-state index in [1.165, 1.54) is 28.3 Å². The standard InChI is InChI=1S/C10H9N3O4S/c1-6-7(4-8(18-6)10(14)15)5-12-3-2-9(11-12)13(16)17/h2-4H,5H2,1H3,(H,14,15). The van der Waals surface area contributed by atoms with Gasteiger partial charge in [-0.1, -0.05) is 0 Å². The van der Waals surface area contributed by atoms with E-state index >= 15 is 0 Å². The van der Waals surface area contributed by atoms with Crippen molar-refractivity contribution in [1.29, 1.82) is 0 Å². The molecule has 0 atom stereocenters. The Morgan fingerprint density at radius 3 is 2.89 bits per heavy atom. The van der Waals surface area contributed by atoms with Gasteiger partial charge in [-0.3, -0.25) is 0 Å². The third-order valence-corrected chi connectivity index (χ3v) is 3.46. The maximum absolute atomic E-state index is 10.8. The highest BCUT2D eigenvalue weighted by atomic mass is 32.1. The molecular formula is C10H9N3O4S. The Morgan fingerprint density at radius 2 is 2.39 bits per heavy atom. The minimum absolute atomic E-state index is 0.221. The van der Waals surface area contributed by atoms with Crippen LogP contribution in [0.3, 0.4) is 0 Å². The van der Waals surface area contributed by atoms with Crippen LogP contribution >= 0.6 is 11.3 Å². The lowest BCUT2D eigenvalue weighted by atomic mass is 10.2. The summed E-state index contributed by atoms with van der Waals surface area (Å²) in [6.45, 7) is 2.13. The van der Waals surface area contributed by atoms with Gasteiger partial charge in [0.1, 0.15) is 4.88 Å². The second-order valence-corrected chi connectivity index (χ2v) is 4.88. The van der Waals surface area contributed by atoms with Crippen molar-refractivity contribution in [3.63, 3.8) is 0 Å². The van der Waals surface area contributed by atoms with Gasteiger partial charge in [0.05, 0.1) is 23.9 Å². The van der Waals surface area contributed by atoms with E-state index in [2.05, 4.69) is 5.10 Å². The number of hydrogen-bond donors (Lipinski definition) is 1. The molecule has 0 aliphatic rings. The number of nitro groups is 1. The highest BCUT2D eigenvalue weighted by Gasteiger charge is 2.15. The first-order chi connectivity index (χ1) is 8.47. The summed E-state index contributed by atoms with van der Waals surface area (Å²) >= 11 is 1.18. The number of thiophene rings is 1. The number of nitrogens with zero attached hydrogens (tertiary/aromatic N) is 3. The topological polar surface area (TPSA) is 98.3 Å². The zero-order valence-electron chi connectivity index (χ0n) is 9.36. The van der Waals surface area contributed by atoms with Gasteiger partial charge >= 0.3 is 11.8 Å². The summed E-state index contributed by atoms with van der Waals surface area (Å²) in [5.74, 6) is -1.19. The number of aromatic nitrogens is 2. The molecule has 7 nitrogen and oxygen atoms in total. The van der Waals surface area contributed by atoms with Crippen molar-refractivity contribution in [2.75, 3.05) is 0 Å². The van der Waals surface area contributed by atoms with E-state index in [9.17, 15) is 14.9 Å². The van der Waals surface area contributed by atoms with Crippen molar-refractivity contribution >= 4 is 23.1 Å². The van der Waals surface area contributed by atoms with E-state index in [4.69, 9.17) is 5.11 Å². The number of hydrogen-bond acceptors (Lipinski definition) is 5. The van der Waals surface area contributed by atoms with Crippen LogP contribution in [0.1, 0.15) is 20.1 Å². The lowest BCUT2D eigenvalue weighted by Crippen LogP contribution is -2.01. The molecule has 0 saturated heterocycles. The van der Waals surface area contributed by atoms with Crippen molar-refractivity contribution < 1.29 is 14.8 Å². The maximum atomic E-state index is 10.8. The Kier molecular flexibility index (Phi) is 3.11. The summed E-state index contributed by atoms with van der Waals surface area (Å²) in [5, 5.41) is 23.1. The molecule has 94 valence electrons. The Bertz CT molecular complexity index is 616. The normalized spacial score (nSPS) is 10.5. The van der Waals surface area contributed by atoms with E-state index < -0.39 is 10.9 Å². The molecule has 0 aromatic carbocycles.